The van der Waals surface area contributed by atoms with Gasteiger partial charge in [0.25, 0.3) is 0 Å². The highest BCUT2D eigenvalue weighted by atomic mass is 19.1. The molecule has 1 aromatic heterocycles. The lowest BCUT2D eigenvalue weighted by molar-refractivity contribution is -0.0660. The molecule has 5 rings (SSSR count). The summed E-state index contributed by atoms with van der Waals surface area (Å²) in [5.41, 5.74) is 3.55. The average molecular weight is 410 g/mol. The summed E-state index contributed by atoms with van der Waals surface area (Å²) in [7, 11) is 1.57. The maximum Gasteiger partial charge on any atom is 0.134 e. The second-order valence-corrected chi connectivity index (χ2v) is 8.07. The Morgan fingerprint density at radius 1 is 1.13 bits per heavy atom. The number of rotatable bonds is 5. The van der Waals surface area contributed by atoms with Crippen LogP contribution in [0.2, 0.25) is 0 Å². The fraction of sp³-hybridized carbons (Fsp3) is 0.435. The van der Waals surface area contributed by atoms with Crippen molar-refractivity contribution in [3.8, 4) is 5.75 Å². The molecule has 1 atom stereocenters. The number of ether oxygens (including phenoxy) is 2. The monoisotopic (exact) mass is 410 g/mol. The minimum absolute atomic E-state index is 0.0360. The van der Waals surface area contributed by atoms with E-state index < -0.39 is 0 Å². The van der Waals surface area contributed by atoms with Crippen LogP contribution in [-0.4, -0.2) is 62.4 Å². The van der Waals surface area contributed by atoms with Crippen LogP contribution in [0.25, 0.3) is 5.57 Å². The van der Waals surface area contributed by atoms with Crippen LogP contribution in [0.3, 0.4) is 0 Å². The third kappa shape index (κ3) is 3.63. The number of benzene rings is 1. The Balaban J connectivity index is 1.22. The van der Waals surface area contributed by atoms with Crippen LogP contribution in [0.1, 0.15) is 23.7 Å². The molecule has 2 aromatic rings. The SMILES string of the molecule is COc1cccc(F)c1C1=CNC(c2ccc(N3CCN(C4COC4)CC3)cn2)C1. The number of nitrogens with zero attached hydrogens (tertiary/aromatic N) is 3. The van der Waals surface area contributed by atoms with E-state index in [4.69, 9.17) is 14.5 Å². The molecule has 0 saturated carbocycles. The fourth-order valence-corrected chi connectivity index (χ4v) is 4.46. The fourth-order valence-electron chi connectivity index (χ4n) is 4.46. The molecule has 0 radical (unpaired) electrons. The van der Waals surface area contributed by atoms with Crippen molar-refractivity contribution < 1.29 is 13.9 Å². The van der Waals surface area contributed by atoms with Gasteiger partial charge in [-0.15, -0.1) is 0 Å². The van der Waals surface area contributed by atoms with Gasteiger partial charge >= 0.3 is 0 Å². The molecule has 3 aliphatic rings. The third-order valence-corrected chi connectivity index (χ3v) is 6.34. The van der Waals surface area contributed by atoms with Gasteiger partial charge < -0.3 is 19.7 Å². The van der Waals surface area contributed by atoms with Crippen molar-refractivity contribution in [2.45, 2.75) is 18.5 Å². The van der Waals surface area contributed by atoms with Gasteiger partial charge in [-0.1, -0.05) is 6.07 Å². The summed E-state index contributed by atoms with van der Waals surface area (Å²) < 4.78 is 25.1. The number of pyridine rings is 1. The van der Waals surface area contributed by atoms with Gasteiger partial charge in [-0.05, 0) is 29.8 Å². The summed E-state index contributed by atoms with van der Waals surface area (Å²) in [5, 5.41) is 3.35. The van der Waals surface area contributed by atoms with E-state index in [9.17, 15) is 4.39 Å². The van der Waals surface area contributed by atoms with Crippen LogP contribution in [0.4, 0.5) is 10.1 Å². The second-order valence-electron chi connectivity index (χ2n) is 8.07. The summed E-state index contributed by atoms with van der Waals surface area (Å²) in [6, 6.07) is 9.79. The van der Waals surface area contributed by atoms with Crippen LogP contribution in [0, 0.1) is 5.82 Å². The van der Waals surface area contributed by atoms with Crippen LogP contribution in [-0.2, 0) is 4.74 Å². The van der Waals surface area contributed by atoms with Gasteiger partial charge in [0, 0.05) is 38.8 Å². The van der Waals surface area contributed by atoms with E-state index in [1.165, 1.54) is 6.07 Å². The lowest BCUT2D eigenvalue weighted by atomic mass is 9.99. The lowest BCUT2D eigenvalue weighted by Gasteiger charge is -2.43. The average Bonchev–Trinajstić information content (AvgIpc) is 3.23. The van der Waals surface area contributed by atoms with Gasteiger partial charge in [0.15, 0.2) is 0 Å². The zero-order valence-corrected chi connectivity index (χ0v) is 17.2. The normalized spacial score (nSPS) is 22.4. The Labute approximate surface area is 176 Å². The zero-order chi connectivity index (χ0) is 20.5. The number of anilines is 1. The smallest absolute Gasteiger partial charge is 0.134 e. The van der Waals surface area contributed by atoms with Crippen LogP contribution >= 0.6 is 0 Å². The highest BCUT2D eigenvalue weighted by Crippen LogP contribution is 2.37. The Morgan fingerprint density at radius 2 is 1.97 bits per heavy atom. The molecule has 1 N–H and O–H groups in total. The molecular formula is C23H27FN4O2. The van der Waals surface area contributed by atoms with Crippen molar-refractivity contribution in [2.75, 3.05) is 51.4 Å². The molecule has 6 nitrogen and oxygen atoms in total. The van der Waals surface area contributed by atoms with E-state index >= 15 is 0 Å². The maximum atomic E-state index is 14.4. The highest BCUT2D eigenvalue weighted by Gasteiger charge is 2.29. The number of piperazine rings is 1. The number of methoxy groups -OCH3 is 1. The second kappa shape index (κ2) is 8.24. The molecule has 0 aliphatic carbocycles. The van der Waals surface area contributed by atoms with E-state index in [0.29, 0.717) is 23.8 Å². The number of hydrogen-bond donors (Lipinski definition) is 1. The van der Waals surface area contributed by atoms with Crippen molar-refractivity contribution in [1.29, 1.82) is 0 Å². The molecule has 158 valence electrons. The predicted molar refractivity (Wildman–Crippen MR) is 114 cm³/mol. The number of nitrogens with one attached hydrogen (secondary N) is 1. The van der Waals surface area contributed by atoms with E-state index in [2.05, 4.69) is 27.2 Å². The van der Waals surface area contributed by atoms with Crippen LogP contribution in [0.15, 0.2) is 42.7 Å². The molecule has 3 aliphatic heterocycles. The van der Waals surface area contributed by atoms with Gasteiger partial charge in [0.05, 0.1) is 55.5 Å². The summed E-state index contributed by atoms with van der Waals surface area (Å²) in [6.07, 6.45) is 4.51. The van der Waals surface area contributed by atoms with Crippen molar-refractivity contribution in [3.63, 3.8) is 0 Å². The lowest BCUT2D eigenvalue weighted by Crippen LogP contribution is -2.56. The minimum Gasteiger partial charge on any atom is -0.496 e. The van der Waals surface area contributed by atoms with E-state index in [1.54, 1.807) is 19.2 Å². The Bertz CT molecular complexity index is 921. The quantitative estimate of drug-likeness (QED) is 0.818. The summed E-state index contributed by atoms with van der Waals surface area (Å²) in [4.78, 5) is 9.63. The standard InChI is InChI=1S/C23H27FN4O2/c1-29-22-4-2-3-19(24)23(22)16-11-21(25-12-16)20-6-5-17(13-26-20)27-7-9-28(10-8-27)18-14-30-15-18/h2-6,12-13,18,21,25H,7-11,14-15H2,1H3. The van der Waals surface area contributed by atoms with Gasteiger partial charge in [0.2, 0.25) is 0 Å². The van der Waals surface area contributed by atoms with Crippen molar-refractivity contribution >= 4 is 11.3 Å². The highest BCUT2D eigenvalue weighted by molar-refractivity contribution is 5.73. The first kappa shape index (κ1) is 19.3. The maximum absolute atomic E-state index is 14.4. The molecule has 0 bridgehead atoms. The van der Waals surface area contributed by atoms with Gasteiger partial charge in [-0.25, -0.2) is 4.39 Å². The molecule has 0 spiro atoms. The van der Waals surface area contributed by atoms with Crippen molar-refractivity contribution in [2.24, 2.45) is 0 Å². The Morgan fingerprint density at radius 3 is 2.63 bits per heavy atom. The molecule has 30 heavy (non-hydrogen) atoms. The third-order valence-electron chi connectivity index (χ3n) is 6.34. The molecule has 2 fully saturated rings. The van der Waals surface area contributed by atoms with Gasteiger partial charge in [-0.2, -0.15) is 0 Å². The Hall–Kier alpha value is -2.64. The topological polar surface area (TPSA) is 49.9 Å². The van der Waals surface area contributed by atoms with Gasteiger partial charge in [0.1, 0.15) is 11.6 Å². The van der Waals surface area contributed by atoms with Gasteiger partial charge in [-0.3, -0.25) is 9.88 Å². The molecule has 1 aromatic carbocycles. The first-order valence-corrected chi connectivity index (χ1v) is 10.5. The summed E-state index contributed by atoms with van der Waals surface area (Å²) >= 11 is 0. The molecule has 0 amide bonds. The van der Waals surface area contributed by atoms with Crippen molar-refractivity contribution in [3.05, 3.63) is 59.8 Å². The number of aromatic nitrogens is 1. The molecule has 7 heteroatoms. The van der Waals surface area contributed by atoms with E-state index in [-0.39, 0.29) is 11.9 Å². The van der Waals surface area contributed by atoms with Crippen LogP contribution < -0.4 is 15.0 Å². The molecule has 4 heterocycles. The molecule has 1 unspecified atom stereocenters. The number of halogens is 1. The summed E-state index contributed by atoms with van der Waals surface area (Å²) in [5.74, 6) is 0.290. The predicted octanol–water partition coefficient (Wildman–Crippen LogP) is 2.83. The Kier molecular flexibility index (Phi) is 5.31. The molecule has 2 saturated heterocycles. The summed E-state index contributed by atoms with van der Waals surface area (Å²) in [6.45, 7) is 5.91. The first-order chi connectivity index (χ1) is 14.7. The minimum atomic E-state index is -0.265. The molecular weight excluding hydrogens is 383 g/mol. The van der Waals surface area contributed by atoms with Crippen molar-refractivity contribution in [1.82, 2.24) is 15.2 Å². The van der Waals surface area contributed by atoms with E-state index in [0.717, 1.165) is 56.3 Å². The van der Waals surface area contributed by atoms with Crippen LogP contribution in [0.5, 0.6) is 5.75 Å². The zero-order valence-electron chi connectivity index (χ0n) is 17.2. The number of hydrogen-bond acceptors (Lipinski definition) is 6. The van der Waals surface area contributed by atoms with E-state index in [1.807, 2.05) is 12.4 Å². The first-order valence-electron chi connectivity index (χ1n) is 10.5. The largest absolute Gasteiger partial charge is 0.496 e.